The number of ether oxygens (including phenoxy) is 3. The number of para-hydroxylation sites is 1. The first-order valence-corrected chi connectivity index (χ1v) is 16.0. The summed E-state index contributed by atoms with van der Waals surface area (Å²) >= 11 is 0. The van der Waals surface area contributed by atoms with E-state index in [0.29, 0.717) is 12.5 Å². The van der Waals surface area contributed by atoms with Crippen LogP contribution in [0.4, 0.5) is 24.1 Å². The third-order valence-electron chi connectivity index (χ3n) is 7.44. The number of carbonyl (C=O) groups excluding carboxylic acids is 4. The molecule has 4 rings (SSSR count). The summed E-state index contributed by atoms with van der Waals surface area (Å²) in [5.41, 5.74) is -0.426. The molecule has 0 aliphatic heterocycles. The molecular weight excluding hydrogens is 670 g/mol. The van der Waals surface area contributed by atoms with Crippen LogP contribution in [-0.2, 0) is 25.6 Å². The monoisotopic (exact) mass is 708 g/mol. The number of rotatable bonds is 14. The molecule has 2 heterocycles. The Morgan fingerprint density at radius 2 is 1.84 bits per heavy atom. The van der Waals surface area contributed by atoms with Crippen molar-refractivity contribution in [3.05, 3.63) is 94.7 Å². The van der Waals surface area contributed by atoms with Crippen molar-refractivity contribution in [3.8, 4) is 11.5 Å². The SMILES string of the molecule is CCCCOC(=O)n1c(Cn2cccc(NC(=O)C(CCC=CC(=O)N(C)C)NC(=O)OC)c2=O)nc2c(Oc3ccc(F)cc3F)cccc21. The minimum absolute atomic E-state index is 0.0528. The van der Waals surface area contributed by atoms with E-state index >= 15 is 0 Å². The van der Waals surface area contributed by atoms with E-state index in [0.717, 1.165) is 25.7 Å². The number of methoxy groups -OCH3 is 1. The van der Waals surface area contributed by atoms with E-state index in [1.165, 1.54) is 44.5 Å². The second-order valence-corrected chi connectivity index (χ2v) is 11.4. The number of halogens is 2. The summed E-state index contributed by atoms with van der Waals surface area (Å²) in [4.78, 5) is 70.0. The van der Waals surface area contributed by atoms with E-state index in [1.54, 1.807) is 32.3 Å². The van der Waals surface area contributed by atoms with Gasteiger partial charge in [-0.15, -0.1) is 0 Å². The Labute approximate surface area is 291 Å². The van der Waals surface area contributed by atoms with E-state index in [4.69, 9.17) is 9.47 Å². The van der Waals surface area contributed by atoms with Gasteiger partial charge in [0.1, 0.15) is 28.9 Å². The number of allylic oxidation sites excluding steroid dienone is 1. The van der Waals surface area contributed by atoms with Crippen molar-refractivity contribution in [1.82, 2.24) is 24.3 Å². The first-order valence-electron chi connectivity index (χ1n) is 16.0. The van der Waals surface area contributed by atoms with Gasteiger partial charge in [0.15, 0.2) is 17.3 Å². The second-order valence-electron chi connectivity index (χ2n) is 11.4. The first-order chi connectivity index (χ1) is 24.4. The Kier molecular flexibility index (Phi) is 13.0. The number of nitrogens with one attached hydrogen (secondary N) is 2. The molecule has 0 fully saturated rings. The summed E-state index contributed by atoms with van der Waals surface area (Å²) in [6, 6.07) is 9.17. The first kappa shape index (κ1) is 37.8. The van der Waals surface area contributed by atoms with Gasteiger partial charge in [0, 0.05) is 26.4 Å². The van der Waals surface area contributed by atoms with Crippen molar-refractivity contribution in [3.63, 3.8) is 0 Å². The van der Waals surface area contributed by atoms with E-state index in [2.05, 4.69) is 20.4 Å². The largest absolute Gasteiger partial charge is 0.453 e. The molecule has 0 saturated heterocycles. The van der Waals surface area contributed by atoms with Crippen LogP contribution in [-0.4, -0.2) is 76.9 Å². The lowest BCUT2D eigenvalue weighted by atomic mass is 10.1. The van der Waals surface area contributed by atoms with Gasteiger partial charge in [0.05, 0.1) is 25.8 Å². The molecule has 51 heavy (non-hydrogen) atoms. The summed E-state index contributed by atoms with van der Waals surface area (Å²) < 4.78 is 46.2. The zero-order chi connectivity index (χ0) is 37.1. The highest BCUT2D eigenvalue weighted by atomic mass is 19.1. The number of nitrogens with zero attached hydrogens (tertiary/aromatic N) is 4. The van der Waals surface area contributed by atoms with Crippen LogP contribution in [0.25, 0.3) is 11.0 Å². The quantitative estimate of drug-likeness (QED) is 0.133. The van der Waals surface area contributed by atoms with Crippen LogP contribution in [0.3, 0.4) is 0 Å². The van der Waals surface area contributed by atoms with Crippen LogP contribution in [0.2, 0.25) is 0 Å². The number of amides is 3. The lowest BCUT2D eigenvalue weighted by molar-refractivity contribution is -0.123. The van der Waals surface area contributed by atoms with E-state index in [1.807, 2.05) is 6.92 Å². The van der Waals surface area contributed by atoms with Crippen molar-refractivity contribution in [1.29, 1.82) is 0 Å². The molecule has 0 saturated carbocycles. The van der Waals surface area contributed by atoms with Crippen LogP contribution in [0.1, 0.15) is 38.4 Å². The van der Waals surface area contributed by atoms with E-state index in [9.17, 15) is 32.8 Å². The molecule has 16 heteroatoms. The van der Waals surface area contributed by atoms with Gasteiger partial charge in [0.2, 0.25) is 11.8 Å². The standard InChI is InChI=1S/C35H38F2N6O8/c1-5-6-19-50-35(48)43-26-13-9-14-28(51-27-17-16-22(36)20-23(27)37)31(26)40-29(43)21-42-18-10-12-25(33(42)46)38-32(45)24(39-34(47)49-4)11-7-8-15-30(44)41(2)3/h8-10,12-18,20,24H,5-7,11,19,21H2,1-4H3,(H,38,45)(H,39,47). The molecule has 1 atom stereocenters. The van der Waals surface area contributed by atoms with Gasteiger partial charge in [0.25, 0.3) is 5.56 Å². The molecule has 4 aromatic rings. The molecule has 0 aliphatic rings. The van der Waals surface area contributed by atoms with Gasteiger partial charge in [-0.1, -0.05) is 25.5 Å². The number of hydrogen-bond donors (Lipinski definition) is 2. The number of benzene rings is 2. The minimum atomic E-state index is -1.13. The van der Waals surface area contributed by atoms with Crippen molar-refractivity contribution in [2.75, 3.05) is 33.1 Å². The Morgan fingerprint density at radius 3 is 2.55 bits per heavy atom. The number of likely N-dealkylation sites (N-methyl/N-ethyl adjacent to an activating group) is 1. The molecule has 0 bridgehead atoms. The lowest BCUT2D eigenvalue weighted by Gasteiger charge is -2.17. The van der Waals surface area contributed by atoms with E-state index in [-0.39, 0.29) is 65.9 Å². The predicted molar refractivity (Wildman–Crippen MR) is 183 cm³/mol. The second kappa shape index (κ2) is 17.6. The zero-order valence-corrected chi connectivity index (χ0v) is 28.5. The number of anilines is 1. The maximum Gasteiger partial charge on any atom is 0.420 e. The number of aromatic nitrogens is 3. The number of fused-ring (bicyclic) bond motifs is 1. The topological polar surface area (TPSA) is 163 Å². The molecule has 1 unspecified atom stereocenters. The fraction of sp³-hybridized carbons (Fsp3) is 0.314. The molecule has 270 valence electrons. The predicted octanol–water partition coefficient (Wildman–Crippen LogP) is 5.19. The third-order valence-corrected chi connectivity index (χ3v) is 7.44. The molecular formula is C35H38F2N6O8. The number of imidazole rings is 1. The maximum absolute atomic E-state index is 14.5. The zero-order valence-electron chi connectivity index (χ0n) is 28.5. The molecule has 0 radical (unpaired) electrons. The summed E-state index contributed by atoms with van der Waals surface area (Å²) in [5.74, 6) is -2.88. The number of pyridine rings is 1. The van der Waals surface area contributed by atoms with Gasteiger partial charge in [-0.25, -0.2) is 27.9 Å². The van der Waals surface area contributed by atoms with E-state index < -0.39 is 41.3 Å². The average molecular weight is 709 g/mol. The van der Waals surface area contributed by atoms with Gasteiger partial charge in [-0.2, -0.15) is 0 Å². The van der Waals surface area contributed by atoms with Gasteiger partial charge >= 0.3 is 12.2 Å². The van der Waals surface area contributed by atoms with Gasteiger partial charge in [-0.05, 0) is 61.7 Å². The van der Waals surface area contributed by atoms with Crippen molar-refractivity contribution in [2.45, 2.75) is 45.2 Å². The van der Waals surface area contributed by atoms with Crippen molar-refractivity contribution in [2.24, 2.45) is 0 Å². The minimum Gasteiger partial charge on any atom is -0.453 e. The van der Waals surface area contributed by atoms with Crippen LogP contribution >= 0.6 is 0 Å². The number of alkyl carbamates (subject to hydrolysis) is 1. The highest BCUT2D eigenvalue weighted by Gasteiger charge is 2.24. The van der Waals surface area contributed by atoms with Gasteiger partial charge < -0.3 is 34.3 Å². The molecule has 14 nitrogen and oxygen atoms in total. The third kappa shape index (κ3) is 9.77. The summed E-state index contributed by atoms with van der Waals surface area (Å²) in [7, 11) is 4.32. The summed E-state index contributed by atoms with van der Waals surface area (Å²) in [5, 5.41) is 4.96. The average Bonchev–Trinajstić information content (AvgIpc) is 3.47. The summed E-state index contributed by atoms with van der Waals surface area (Å²) in [6.07, 6.45) is 4.36. The molecule has 3 amide bonds. The molecule has 0 aliphatic carbocycles. The number of unbranched alkanes of at least 4 members (excludes halogenated alkanes) is 1. The highest BCUT2D eigenvalue weighted by molar-refractivity contribution is 5.96. The normalized spacial score (nSPS) is 11.6. The van der Waals surface area contributed by atoms with Crippen LogP contribution in [0.15, 0.2) is 71.7 Å². The molecule has 2 aromatic heterocycles. The number of carbonyl (C=O) groups is 4. The smallest absolute Gasteiger partial charge is 0.420 e. The fourth-order valence-electron chi connectivity index (χ4n) is 4.75. The summed E-state index contributed by atoms with van der Waals surface area (Å²) in [6.45, 7) is 1.77. The maximum atomic E-state index is 14.5. The number of hydrogen-bond acceptors (Lipinski definition) is 9. The molecule has 2 aromatic carbocycles. The van der Waals surface area contributed by atoms with Crippen molar-refractivity contribution >= 4 is 40.7 Å². The Hall–Kier alpha value is -6.06. The Balaban J connectivity index is 1.65. The molecule has 2 N–H and O–H groups in total. The Morgan fingerprint density at radius 1 is 1.06 bits per heavy atom. The van der Waals surface area contributed by atoms with Crippen molar-refractivity contribution < 1.29 is 42.2 Å². The lowest BCUT2D eigenvalue weighted by Crippen LogP contribution is -2.44. The van der Waals surface area contributed by atoms with Crippen LogP contribution in [0.5, 0.6) is 11.5 Å². The van der Waals surface area contributed by atoms with Gasteiger partial charge in [-0.3, -0.25) is 14.4 Å². The molecule has 0 spiro atoms. The van der Waals surface area contributed by atoms with Crippen LogP contribution < -0.4 is 20.9 Å². The van der Waals surface area contributed by atoms with Crippen LogP contribution in [0, 0.1) is 11.6 Å². The Bertz CT molecular complexity index is 1990. The highest BCUT2D eigenvalue weighted by Crippen LogP contribution is 2.32. The fourth-order valence-corrected chi connectivity index (χ4v) is 4.75.